The molecule has 3 aromatic carbocycles. The Morgan fingerprint density at radius 3 is 1.74 bits per heavy atom. The van der Waals surface area contributed by atoms with E-state index >= 15 is 0 Å². The predicted octanol–water partition coefficient (Wildman–Crippen LogP) is 5.22. The summed E-state index contributed by atoms with van der Waals surface area (Å²) in [4.78, 5) is 14.8. The molecule has 1 aromatic heterocycles. The number of benzene rings is 3. The fourth-order valence-electron chi connectivity index (χ4n) is 3.41. The molecule has 0 saturated carbocycles. The van der Waals surface area contributed by atoms with Crippen molar-refractivity contribution in [3.8, 4) is 5.75 Å². The van der Waals surface area contributed by atoms with Crippen molar-refractivity contribution in [2.45, 2.75) is 19.6 Å². The van der Waals surface area contributed by atoms with Gasteiger partial charge >= 0.3 is 6.09 Å². The first-order valence-electron chi connectivity index (χ1n) is 10.3. The van der Waals surface area contributed by atoms with Gasteiger partial charge < -0.3 is 4.74 Å². The number of hydrogen-bond donors (Lipinski definition) is 0. The molecule has 4 heteroatoms. The molecule has 4 nitrogen and oxygen atoms in total. The van der Waals surface area contributed by atoms with Crippen molar-refractivity contribution in [1.29, 1.82) is 0 Å². The Balaban J connectivity index is 1.49. The summed E-state index contributed by atoms with van der Waals surface area (Å²) < 4.78 is 7.78. The molecule has 0 bridgehead atoms. The summed E-state index contributed by atoms with van der Waals surface area (Å²) in [6.45, 7) is 1.67. The van der Waals surface area contributed by atoms with Crippen LogP contribution in [-0.2, 0) is 19.6 Å². The number of rotatable bonds is 7. The first-order chi connectivity index (χ1) is 15.3. The quantitative estimate of drug-likeness (QED) is 0.392. The maximum absolute atomic E-state index is 13.1. The van der Waals surface area contributed by atoms with Gasteiger partial charge in [-0.25, -0.2) is 4.79 Å². The zero-order chi connectivity index (χ0) is 21.3. The predicted molar refractivity (Wildman–Crippen MR) is 120 cm³/mol. The number of pyridine rings is 1. The summed E-state index contributed by atoms with van der Waals surface area (Å²) in [6.07, 6.45) is 3.45. The van der Waals surface area contributed by atoms with E-state index < -0.39 is 0 Å². The Hall–Kier alpha value is -3.92. The average Bonchev–Trinajstić information content (AvgIpc) is 2.81. The van der Waals surface area contributed by atoms with Crippen molar-refractivity contribution in [1.82, 2.24) is 4.90 Å². The van der Waals surface area contributed by atoms with Crippen LogP contribution in [0.3, 0.4) is 0 Å². The first-order valence-corrected chi connectivity index (χ1v) is 10.3. The second-order valence-electron chi connectivity index (χ2n) is 7.39. The number of carbonyl (C=O) groups excluding carboxylic acids is 1. The van der Waals surface area contributed by atoms with Crippen LogP contribution in [0, 0.1) is 0 Å². The van der Waals surface area contributed by atoms with Gasteiger partial charge in [-0.05, 0) is 17.2 Å². The second kappa shape index (κ2) is 10.2. The van der Waals surface area contributed by atoms with Gasteiger partial charge in [0, 0.05) is 24.7 Å². The molecule has 154 valence electrons. The Labute approximate surface area is 183 Å². The number of amides is 1. The van der Waals surface area contributed by atoms with Gasteiger partial charge in [-0.15, -0.1) is 0 Å². The Morgan fingerprint density at radius 1 is 0.677 bits per heavy atom. The van der Waals surface area contributed by atoms with Crippen LogP contribution in [0.2, 0.25) is 0 Å². The average molecular weight is 410 g/mol. The van der Waals surface area contributed by atoms with Gasteiger partial charge in [0.2, 0.25) is 6.20 Å². The van der Waals surface area contributed by atoms with Crippen molar-refractivity contribution in [2.24, 2.45) is 0 Å². The zero-order valence-electron chi connectivity index (χ0n) is 17.3. The maximum Gasteiger partial charge on any atom is 0.416 e. The van der Waals surface area contributed by atoms with Crippen LogP contribution in [0.25, 0.3) is 0 Å². The molecule has 4 aromatic rings. The molecule has 31 heavy (non-hydrogen) atoms. The van der Waals surface area contributed by atoms with E-state index in [1.165, 1.54) is 5.56 Å². The smallest absolute Gasteiger partial charge is 0.404 e. The van der Waals surface area contributed by atoms with E-state index in [0.29, 0.717) is 25.4 Å². The Kier molecular flexibility index (Phi) is 6.71. The monoisotopic (exact) mass is 409 g/mol. The van der Waals surface area contributed by atoms with Gasteiger partial charge in [0.25, 0.3) is 0 Å². The molecule has 0 aliphatic heterocycles. The first kappa shape index (κ1) is 20.4. The number of carbonyl (C=O) groups is 1. The highest BCUT2D eigenvalue weighted by Gasteiger charge is 2.18. The maximum atomic E-state index is 13.1. The van der Waals surface area contributed by atoms with Gasteiger partial charge in [0.1, 0.15) is 0 Å². The van der Waals surface area contributed by atoms with Gasteiger partial charge in [-0.3, -0.25) is 4.90 Å². The van der Waals surface area contributed by atoms with Crippen LogP contribution in [0.15, 0.2) is 116 Å². The number of hydrogen-bond acceptors (Lipinski definition) is 2. The topological polar surface area (TPSA) is 33.4 Å². The van der Waals surface area contributed by atoms with Crippen LogP contribution in [-0.4, -0.2) is 11.0 Å². The highest BCUT2D eigenvalue weighted by Crippen LogP contribution is 2.14. The Morgan fingerprint density at radius 2 is 1.19 bits per heavy atom. The third-order valence-electron chi connectivity index (χ3n) is 4.93. The van der Waals surface area contributed by atoms with Gasteiger partial charge in [-0.1, -0.05) is 91.0 Å². The fourth-order valence-corrected chi connectivity index (χ4v) is 3.41. The summed E-state index contributed by atoms with van der Waals surface area (Å²) in [5.41, 5.74) is 3.30. The molecule has 0 saturated heterocycles. The summed E-state index contributed by atoms with van der Waals surface area (Å²) in [7, 11) is 0. The molecule has 0 unspecified atom stereocenters. The van der Waals surface area contributed by atoms with E-state index in [1.54, 1.807) is 4.90 Å². The minimum absolute atomic E-state index is 0.370. The standard InChI is InChI=1S/C27H25N2O2/c30-27(31-26-17-10-18-28(22-26)19-23-11-4-1-5-12-23)29(20-24-13-6-2-7-14-24)21-25-15-8-3-9-16-25/h1-18,22H,19-21H2/q+1. The lowest BCUT2D eigenvalue weighted by molar-refractivity contribution is -0.688. The normalized spacial score (nSPS) is 10.5. The molecule has 0 aliphatic rings. The van der Waals surface area contributed by atoms with Crippen LogP contribution in [0.1, 0.15) is 16.7 Å². The lowest BCUT2D eigenvalue weighted by Gasteiger charge is -2.22. The van der Waals surface area contributed by atoms with E-state index in [9.17, 15) is 4.79 Å². The van der Waals surface area contributed by atoms with E-state index in [4.69, 9.17) is 4.74 Å². The zero-order valence-corrected chi connectivity index (χ0v) is 17.3. The lowest BCUT2D eigenvalue weighted by atomic mass is 10.2. The largest absolute Gasteiger partial charge is 0.416 e. The molecular weight excluding hydrogens is 384 g/mol. The van der Waals surface area contributed by atoms with Crippen molar-refractivity contribution < 1.29 is 14.1 Å². The number of aromatic nitrogens is 1. The SMILES string of the molecule is O=C(Oc1ccc[n+](Cc2ccccc2)c1)N(Cc1ccccc1)Cc1ccccc1. The highest BCUT2D eigenvalue weighted by molar-refractivity contribution is 5.70. The van der Waals surface area contributed by atoms with Crippen LogP contribution < -0.4 is 9.30 Å². The number of ether oxygens (including phenoxy) is 1. The van der Waals surface area contributed by atoms with E-state index in [2.05, 4.69) is 12.1 Å². The molecule has 0 atom stereocenters. The van der Waals surface area contributed by atoms with Gasteiger partial charge in [-0.2, -0.15) is 4.57 Å². The van der Waals surface area contributed by atoms with E-state index in [0.717, 1.165) is 11.1 Å². The second-order valence-corrected chi connectivity index (χ2v) is 7.39. The van der Waals surface area contributed by atoms with Crippen molar-refractivity contribution in [2.75, 3.05) is 0 Å². The minimum Gasteiger partial charge on any atom is -0.404 e. The van der Waals surface area contributed by atoms with Crippen LogP contribution in [0.4, 0.5) is 4.79 Å². The molecule has 0 fully saturated rings. The van der Waals surface area contributed by atoms with Crippen LogP contribution in [0.5, 0.6) is 5.75 Å². The summed E-state index contributed by atoms with van der Waals surface area (Å²) >= 11 is 0. The molecular formula is C27H25N2O2+. The van der Waals surface area contributed by atoms with Crippen molar-refractivity contribution in [3.63, 3.8) is 0 Å². The summed E-state index contributed by atoms with van der Waals surface area (Å²) in [5.74, 6) is 0.523. The molecule has 0 aliphatic carbocycles. The molecule has 0 radical (unpaired) electrons. The molecule has 0 spiro atoms. The van der Waals surface area contributed by atoms with E-state index in [1.807, 2.05) is 108 Å². The lowest BCUT2D eigenvalue weighted by Crippen LogP contribution is -2.35. The van der Waals surface area contributed by atoms with Gasteiger partial charge in [0.15, 0.2) is 18.5 Å². The minimum atomic E-state index is -0.370. The van der Waals surface area contributed by atoms with Crippen molar-refractivity contribution in [3.05, 3.63) is 132 Å². The molecule has 0 N–H and O–H groups in total. The molecule has 1 heterocycles. The third-order valence-corrected chi connectivity index (χ3v) is 4.93. The van der Waals surface area contributed by atoms with Gasteiger partial charge in [0.05, 0.1) is 0 Å². The molecule has 4 rings (SSSR count). The fraction of sp³-hybridized carbons (Fsp3) is 0.111. The Bertz CT molecular complexity index is 1060. The highest BCUT2D eigenvalue weighted by atomic mass is 16.6. The summed E-state index contributed by atoms with van der Waals surface area (Å²) in [5, 5.41) is 0. The number of nitrogens with zero attached hydrogens (tertiary/aromatic N) is 2. The third kappa shape index (κ3) is 6.03. The molecule has 1 amide bonds. The summed E-state index contributed by atoms with van der Waals surface area (Å²) in [6, 6.07) is 33.8. The van der Waals surface area contributed by atoms with E-state index in [-0.39, 0.29) is 6.09 Å². The van der Waals surface area contributed by atoms with Crippen LogP contribution >= 0.6 is 0 Å². The van der Waals surface area contributed by atoms with Crippen molar-refractivity contribution >= 4 is 6.09 Å².